The lowest BCUT2D eigenvalue weighted by Crippen LogP contribution is -2.33. The van der Waals surface area contributed by atoms with Crippen LogP contribution in [-0.4, -0.2) is 19.6 Å². The molecule has 1 fully saturated rings. The first-order chi connectivity index (χ1) is 11.7. The van der Waals surface area contributed by atoms with Crippen molar-refractivity contribution in [3.8, 4) is 0 Å². The van der Waals surface area contributed by atoms with Gasteiger partial charge >= 0.3 is 0 Å². The molecule has 2 N–H and O–H groups in total. The maximum absolute atomic E-state index is 3.63. The summed E-state index contributed by atoms with van der Waals surface area (Å²) in [5.74, 6) is 0.836. The Balaban J connectivity index is 1.57. The topological polar surface area (TPSA) is 24.1 Å². The monoisotopic (exact) mass is 322 g/mol. The average Bonchev–Trinajstić information content (AvgIpc) is 2.64. The van der Waals surface area contributed by atoms with E-state index < -0.39 is 0 Å². The van der Waals surface area contributed by atoms with Crippen LogP contribution in [0.3, 0.4) is 0 Å². The standard InChI is InChI=1S/C22H30N2/c1-22(2,20-6-4-3-5-7-20)21-10-8-18(9-11-21)16-24-17-19-12-14-23-15-13-19/h3-11,19,23-24H,12-17H2,1-2H3. The van der Waals surface area contributed by atoms with Crippen molar-refractivity contribution in [2.45, 2.75) is 38.6 Å². The lowest BCUT2D eigenvalue weighted by Gasteiger charge is -2.26. The molecule has 24 heavy (non-hydrogen) atoms. The number of benzene rings is 2. The SMILES string of the molecule is CC(C)(c1ccccc1)c1ccc(CNCC2CCNCC2)cc1. The van der Waals surface area contributed by atoms with Crippen LogP contribution in [0.4, 0.5) is 0 Å². The van der Waals surface area contributed by atoms with Gasteiger partial charge < -0.3 is 10.6 Å². The van der Waals surface area contributed by atoms with Gasteiger partial charge in [-0.15, -0.1) is 0 Å². The predicted octanol–water partition coefficient (Wildman–Crippen LogP) is 4.10. The summed E-state index contributed by atoms with van der Waals surface area (Å²) < 4.78 is 0. The summed E-state index contributed by atoms with van der Waals surface area (Å²) in [5.41, 5.74) is 4.15. The average molecular weight is 322 g/mol. The van der Waals surface area contributed by atoms with Crippen LogP contribution in [0.5, 0.6) is 0 Å². The lowest BCUT2D eigenvalue weighted by atomic mass is 9.78. The van der Waals surface area contributed by atoms with Crippen molar-refractivity contribution in [2.24, 2.45) is 5.92 Å². The van der Waals surface area contributed by atoms with E-state index in [1.807, 2.05) is 0 Å². The minimum Gasteiger partial charge on any atom is -0.317 e. The van der Waals surface area contributed by atoms with Gasteiger partial charge in [0.1, 0.15) is 0 Å². The molecule has 0 spiro atoms. The zero-order valence-electron chi connectivity index (χ0n) is 15.0. The molecule has 0 bridgehead atoms. The van der Waals surface area contributed by atoms with Crippen molar-refractivity contribution in [2.75, 3.05) is 19.6 Å². The fourth-order valence-corrected chi connectivity index (χ4v) is 3.57. The predicted molar refractivity (Wildman–Crippen MR) is 102 cm³/mol. The highest BCUT2D eigenvalue weighted by Crippen LogP contribution is 2.31. The van der Waals surface area contributed by atoms with Gasteiger partial charge in [-0.05, 0) is 55.1 Å². The fourth-order valence-electron chi connectivity index (χ4n) is 3.57. The summed E-state index contributed by atoms with van der Waals surface area (Å²) in [6.45, 7) is 9.06. The van der Waals surface area contributed by atoms with E-state index in [0.29, 0.717) is 0 Å². The van der Waals surface area contributed by atoms with E-state index in [9.17, 15) is 0 Å². The van der Waals surface area contributed by atoms with Crippen LogP contribution >= 0.6 is 0 Å². The number of nitrogens with one attached hydrogen (secondary N) is 2. The minimum absolute atomic E-state index is 0.0440. The Morgan fingerprint density at radius 1 is 0.917 bits per heavy atom. The third kappa shape index (κ3) is 4.25. The second kappa shape index (κ2) is 7.96. The van der Waals surface area contributed by atoms with Crippen molar-refractivity contribution in [1.82, 2.24) is 10.6 Å². The molecule has 0 radical (unpaired) electrons. The molecule has 2 aromatic rings. The largest absolute Gasteiger partial charge is 0.317 e. The molecule has 1 saturated heterocycles. The highest BCUT2D eigenvalue weighted by molar-refractivity contribution is 5.38. The molecule has 1 heterocycles. The van der Waals surface area contributed by atoms with Gasteiger partial charge in [0.25, 0.3) is 0 Å². The van der Waals surface area contributed by atoms with Gasteiger partial charge in [0.05, 0.1) is 0 Å². The molecule has 2 nitrogen and oxygen atoms in total. The van der Waals surface area contributed by atoms with E-state index in [2.05, 4.69) is 79.1 Å². The molecule has 2 aromatic carbocycles. The van der Waals surface area contributed by atoms with Crippen molar-refractivity contribution in [3.05, 3.63) is 71.3 Å². The van der Waals surface area contributed by atoms with Crippen LogP contribution in [0.1, 0.15) is 43.4 Å². The van der Waals surface area contributed by atoms with Gasteiger partial charge in [0, 0.05) is 12.0 Å². The van der Waals surface area contributed by atoms with Gasteiger partial charge in [0.2, 0.25) is 0 Å². The first-order valence-corrected chi connectivity index (χ1v) is 9.22. The molecular weight excluding hydrogens is 292 g/mol. The third-order valence-corrected chi connectivity index (χ3v) is 5.39. The van der Waals surface area contributed by atoms with E-state index in [1.54, 1.807) is 0 Å². The molecule has 0 aromatic heterocycles. The Kier molecular flexibility index (Phi) is 5.70. The zero-order chi connectivity index (χ0) is 16.8. The Bertz CT molecular complexity index is 610. The van der Waals surface area contributed by atoms with Gasteiger partial charge in [-0.3, -0.25) is 0 Å². The van der Waals surface area contributed by atoms with Crippen molar-refractivity contribution < 1.29 is 0 Å². The highest BCUT2D eigenvalue weighted by Gasteiger charge is 2.22. The zero-order valence-corrected chi connectivity index (χ0v) is 15.0. The van der Waals surface area contributed by atoms with Crippen LogP contribution in [0.15, 0.2) is 54.6 Å². The Morgan fingerprint density at radius 2 is 1.54 bits per heavy atom. The Labute approximate surface area is 146 Å². The maximum atomic E-state index is 3.63. The van der Waals surface area contributed by atoms with Crippen LogP contribution in [0, 0.1) is 5.92 Å². The Hall–Kier alpha value is -1.64. The first-order valence-electron chi connectivity index (χ1n) is 9.22. The number of piperidine rings is 1. The number of hydrogen-bond donors (Lipinski definition) is 2. The molecule has 0 unspecified atom stereocenters. The van der Waals surface area contributed by atoms with Crippen molar-refractivity contribution in [1.29, 1.82) is 0 Å². The molecule has 2 heteroatoms. The second-order valence-electron chi connectivity index (χ2n) is 7.51. The molecule has 0 aliphatic carbocycles. The molecule has 1 aliphatic rings. The molecule has 0 atom stereocenters. The quantitative estimate of drug-likeness (QED) is 0.836. The molecule has 3 rings (SSSR count). The summed E-state index contributed by atoms with van der Waals surface area (Å²) in [5, 5.41) is 7.06. The maximum Gasteiger partial charge on any atom is 0.0205 e. The normalized spacial score (nSPS) is 16.2. The number of hydrogen-bond acceptors (Lipinski definition) is 2. The van der Waals surface area contributed by atoms with Crippen LogP contribution in [-0.2, 0) is 12.0 Å². The van der Waals surface area contributed by atoms with Gasteiger partial charge in [0.15, 0.2) is 0 Å². The minimum atomic E-state index is 0.0440. The highest BCUT2D eigenvalue weighted by atomic mass is 14.9. The van der Waals surface area contributed by atoms with Crippen LogP contribution in [0.25, 0.3) is 0 Å². The van der Waals surface area contributed by atoms with Gasteiger partial charge in [-0.1, -0.05) is 68.4 Å². The molecule has 128 valence electrons. The van der Waals surface area contributed by atoms with E-state index >= 15 is 0 Å². The van der Waals surface area contributed by atoms with Crippen LogP contribution < -0.4 is 10.6 Å². The fraction of sp³-hybridized carbons (Fsp3) is 0.455. The first kappa shape index (κ1) is 17.2. The summed E-state index contributed by atoms with van der Waals surface area (Å²) >= 11 is 0. The smallest absolute Gasteiger partial charge is 0.0205 e. The summed E-state index contributed by atoms with van der Waals surface area (Å²) in [4.78, 5) is 0. The van der Waals surface area contributed by atoms with E-state index in [4.69, 9.17) is 0 Å². The Morgan fingerprint density at radius 3 is 2.21 bits per heavy atom. The van der Waals surface area contributed by atoms with Crippen molar-refractivity contribution >= 4 is 0 Å². The molecular formula is C22H30N2. The van der Waals surface area contributed by atoms with E-state index in [0.717, 1.165) is 19.0 Å². The van der Waals surface area contributed by atoms with Gasteiger partial charge in [-0.2, -0.15) is 0 Å². The summed E-state index contributed by atoms with van der Waals surface area (Å²) in [6.07, 6.45) is 2.61. The second-order valence-corrected chi connectivity index (χ2v) is 7.51. The van der Waals surface area contributed by atoms with Crippen molar-refractivity contribution in [3.63, 3.8) is 0 Å². The summed E-state index contributed by atoms with van der Waals surface area (Å²) in [7, 11) is 0. The molecule has 1 aliphatic heterocycles. The van der Waals surface area contributed by atoms with E-state index in [-0.39, 0.29) is 5.41 Å². The van der Waals surface area contributed by atoms with E-state index in [1.165, 1.54) is 42.6 Å². The number of rotatable bonds is 6. The van der Waals surface area contributed by atoms with Crippen LogP contribution in [0.2, 0.25) is 0 Å². The molecule has 0 saturated carbocycles. The summed E-state index contributed by atoms with van der Waals surface area (Å²) in [6, 6.07) is 19.9. The molecule has 0 amide bonds. The van der Waals surface area contributed by atoms with Gasteiger partial charge in [-0.25, -0.2) is 0 Å². The third-order valence-electron chi connectivity index (χ3n) is 5.39. The lowest BCUT2D eigenvalue weighted by molar-refractivity contribution is 0.356.